The van der Waals surface area contributed by atoms with Gasteiger partial charge in [-0.05, 0) is 45.7 Å². The van der Waals surface area contributed by atoms with Crippen LogP contribution in [0.2, 0.25) is 0 Å². The molecule has 2 aliphatic heterocycles. The minimum absolute atomic E-state index is 0.129. The van der Waals surface area contributed by atoms with E-state index in [0.29, 0.717) is 24.3 Å². The van der Waals surface area contributed by atoms with Gasteiger partial charge >= 0.3 is 12.1 Å². The van der Waals surface area contributed by atoms with E-state index in [1.54, 1.807) is 17.0 Å². The SMILES string of the molecule is CC(C)(C)OC(=O)N1CCCc2nc(C3(C(=O)O)COC3)ccc21. The van der Waals surface area contributed by atoms with Gasteiger partial charge in [0.05, 0.1) is 30.3 Å². The van der Waals surface area contributed by atoms with Gasteiger partial charge in [0.1, 0.15) is 5.60 Å². The molecule has 3 rings (SSSR count). The Bertz CT molecular complexity index is 676. The largest absolute Gasteiger partial charge is 0.480 e. The topological polar surface area (TPSA) is 89.0 Å². The molecule has 2 aliphatic rings. The van der Waals surface area contributed by atoms with Gasteiger partial charge in [0.15, 0.2) is 5.41 Å². The van der Waals surface area contributed by atoms with E-state index in [9.17, 15) is 14.7 Å². The Kier molecular flexibility index (Phi) is 3.99. The molecule has 1 aromatic rings. The lowest BCUT2D eigenvalue weighted by molar-refractivity contribution is -0.163. The summed E-state index contributed by atoms with van der Waals surface area (Å²) >= 11 is 0. The maximum Gasteiger partial charge on any atom is 0.414 e. The second-order valence-electron chi connectivity index (χ2n) is 7.28. The van der Waals surface area contributed by atoms with Crippen molar-refractivity contribution in [3.63, 3.8) is 0 Å². The molecule has 0 spiro atoms. The molecule has 0 aromatic carbocycles. The molecule has 0 saturated carbocycles. The number of aliphatic carboxylic acids is 1. The number of rotatable bonds is 2. The minimum atomic E-state index is -1.07. The van der Waals surface area contributed by atoms with Gasteiger partial charge in [-0.2, -0.15) is 0 Å². The number of carboxylic acid groups (broad SMARTS) is 1. The van der Waals surface area contributed by atoms with Crippen molar-refractivity contribution in [2.24, 2.45) is 0 Å². The van der Waals surface area contributed by atoms with E-state index in [4.69, 9.17) is 9.47 Å². The number of ether oxygens (including phenoxy) is 2. The van der Waals surface area contributed by atoms with Crippen LogP contribution < -0.4 is 4.90 Å². The standard InChI is InChI=1S/C17H22N2O5/c1-16(2,3)24-15(22)19-8-4-5-11-12(19)6-7-13(18-11)17(14(20)21)9-23-10-17/h6-7H,4-5,8-10H2,1-3H3,(H,20,21). The molecular formula is C17H22N2O5. The lowest BCUT2D eigenvalue weighted by atomic mass is 9.81. The van der Waals surface area contributed by atoms with Crippen LogP contribution in [0.15, 0.2) is 12.1 Å². The molecular weight excluding hydrogens is 312 g/mol. The Morgan fingerprint density at radius 2 is 2.04 bits per heavy atom. The van der Waals surface area contributed by atoms with Crippen LogP contribution in [0.3, 0.4) is 0 Å². The number of nitrogens with zero attached hydrogens (tertiary/aromatic N) is 2. The maximum atomic E-state index is 12.4. The Hall–Kier alpha value is -2.15. The van der Waals surface area contributed by atoms with Crippen LogP contribution in [-0.4, -0.2) is 47.5 Å². The van der Waals surface area contributed by atoms with Crippen LogP contribution in [0.1, 0.15) is 38.6 Å². The molecule has 0 aliphatic carbocycles. The summed E-state index contributed by atoms with van der Waals surface area (Å²) in [4.78, 5) is 30.1. The molecule has 1 N–H and O–H groups in total. The Morgan fingerprint density at radius 3 is 2.58 bits per heavy atom. The van der Waals surface area contributed by atoms with E-state index in [0.717, 1.165) is 12.1 Å². The molecule has 1 fully saturated rings. The summed E-state index contributed by atoms with van der Waals surface area (Å²) < 4.78 is 10.6. The number of hydrogen-bond acceptors (Lipinski definition) is 5. The van der Waals surface area contributed by atoms with Gasteiger partial charge < -0.3 is 14.6 Å². The highest BCUT2D eigenvalue weighted by Crippen LogP contribution is 2.35. The normalized spacial score (nSPS) is 19.2. The molecule has 3 heterocycles. The molecule has 0 radical (unpaired) electrons. The number of anilines is 1. The number of hydrogen-bond donors (Lipinski definition) is 1. The number of pyridine rings is 1. The number of carbonyl (C=O) groups is 2. The molecule has 24 heavy (non-hydrogen) atoms. The van der Waals surface area contributed by atoms with Crippen LogP contribution in [0.25, 0.3) is 0 Å². The summed E-state index contributed by atoms with van der Waals surface area (Å²) in [6.07, 6.45) is 1.07. The zero-order chi connectivity index (χ0) is 17.5. The quantitative estimate of drug-likeness (QED) is 0.891. The molecule has 1 aromatic heterocycles. The van der Waals surface area contributed by atoms with Crippen molar-refractivity contribution < 1.29 is 24.2 Å². The van der Waals surface area contributed by atoms with Crippen molar-refractivity contribution in [1.82, 2.24) is 4.98 Å². The van der Waals surface area contributed by atoms with Gasteiger partial charge in [0, 0.05) is 6.54 Å². The summed E-state index contributed by atoms with van der Waals surface area (Å²) in [7, 11) is 0. The Labute approximate surface area is 140 Å². The Balaban J connectivity index is 1.90. The molecule has 0 unspecified atom stereocenters. The van der Waals surface area contributed by atoms with Crippen LogP contribution >= 0.6 is 0 Å². The fraction of sp³-hybridized carbons (Fsp3) is 0.588. The van der Waals surface area contributed by atoms with E-state index >= 15 is 0 Å². The highest BCUT2D eigenvalue weighted by Gasteiger charge is 2.49. The van der Waals surface area contributed by atoms with Gasteiger partial charge in [-0.15, -0.1) is 0 Å². The lowest BCUT2D eigenvalue weighted by Gasteiger charge is -2.38. The molecule has 1 saturated heterocycles. The summed E-state index contributed by atoms with van der Waals surface area (Å²) in [5, 5.41) is 9.50. The number of aromatic nitrogens is 1. The predicted molar refractivity (Wildman–Crippen MR) is 86.3 cm³/mol. The van der Waals surface area contributed by atoms with E-state index in [1.807, 2.05) is 20.8 Å². The van der Waals surface area contributed by atoms with Crippen molar-refractivity contribution in [1.29, 1.82) is 0 Å². The first-order valence-corrected chi connectivity index (χ1v) is 8.05. The summed E-state index contributed by atoms with van der Waals surface area (Å²) in [6.45, 7) is 6.29. The maximum absolute atomic E-state index is 12.4. The molecule has 0 atom stereocenters. The summed E-state index contributed by atoms with van der Waals surface area (Å²) in [5.74, 6) is -0.930. The van der Waals surface area contributed by atoms with Crippen LogP contribution in [0.4, 0.5) is 10.5 Å². The summed E-state index contributed by atoms with van der Waals surface area (Å²) in [6, 6.07) is 3.45. The molecule has 0 bridgehead atoms. The molecule has 7 heteroatoms. The average molecular weight is 334 g/mol. The van der Waals surface area contributed by atoms with Crippen molar-refractivity contribution >= 4 is 17.7 Å². The second-order valence-corrected chi connectivity index (χ2v) is 7.28. The number of fused-ring (bicyclic) bond motifs is 1. The van der Waals surface area contributed by atoms with Crippen molar-refractivity contribution in [3.8, 4) is 0 Å². The first kappa shape index (κ1) is 16.7. The van der Waals surface area contributed by atoms with Crippen molar-refractivity contribution in [2.45, 2.75) is 44.6 Å². The van der Waals surface area contributed by atoms with Gasteiger partial charge in [0.2, 0.25) is 0 Å². The molecule has 1 amide bonds. The summed E-state index contributed by atoms with van der Waals surface area (Å²) in [5.41, 5.74) is 0.283. The molecule has 130 valence electrons. The van der Waals surface area contributed by atoms with Crippen LogP contribution in [-0.2, 0) is 26.1 Å². The number of carbonyl (C=O) groups excluding carboxylic acids is 1. The van der Waals surface area contributed by atoms with E-state index in [1.165, 1.54) is 0 Å². The van der Waals surface area contributed by atoms with Gasteiger partial charge in [-0.1, -0.05) is 0 Å². The Morgan fingerprint density at radius 1 is 1.33 bits per heavy atom. The fourth-order valence-electron chi connectivity index (χ4n) is 2.91. The van der Waals surface area contributed by atoms with Gasteiger partial charge in [0.25, 0.3) is 0 Å². The third-order valence-electron chi connectivity index (χ3n) is 4.25. The van der Waals surface area contributed by atoms with E-state index in [-0.39, 0.29) is 13.2 Å². The lowest BCUT2D eigenvalue weighted by Crippen LogP contribution is -2.53. The zero-order valence-corrected chi connectivity index (χ0v) is 14.2. The highest BCUT2D eigenvalue weighted by molar-refractivity contribution is 5.89. The first-order valence-electron chi connectivity index (χ1n) is 8.05. The molecule has 7 nitrogen and oxygen atoms in total. The predicted octanol–water partition coefficient (Wildman–Crippen LogP) is 2.12. The average Bonchev–Trinajstić information content (AvgIpc) is 2.43. The smallest absolute Gasteiger partial charge is 0.414 e. The fourth-order valence-corrected chi connectivity index (χ4v) is 2.91. The van der Waals surface area contributed by atoms with E-state index in [2.05, 4.69) is 4.98 Å². The minimum Gasteiger partial charge on any atom is -0.480 e. The highest BCUT2D eigenvalue weighted by atomic mass is 16.6. The van der Waals surface area contributed by atoms with Gasteiger partial charge in [-0.25, -0.2) is 4.79 Å². The van der Waals surface area contributed by atoms with E-state index < -0.39 is 23.1 Å². The van der Waals surface area contributed by atoms with Crippen molar-refractivity contribution in [2.75, 3.05) is 24.7 Å². The zero-order valence-electron chi connectivity index (χ0n) is 14.2. The second kappa shape index (κ2) is 5.73. The number of carboxylic acids is 1. The van der Waals surface area contributed by atoms with Gasteiger partial charge in [-0.3, -0.25) is 14.7 Å². The first-order chi connectivity index (χ1) is 11.2. The van der Waals surface area contributed by atoms with Crippen LogP contribution in [0.5, 0.6) is 0 Å². The van der Waals surface area contributed by atoms with Crippen molar-refractivity contribution in [3.05, 3.63) is 23.5 Å². The number of amides is 1. The monoisotopic (exact) mass is 334 g/mol. The third-order valence-corrected chi connectivity index (χ3v) is 4.25. The number of aryl methyl sites for hydroxylation is 1. The third kappa shape index (κ3) is 2.84. The van der Waals surface area contributed by atoms with Crippen LogP contribution in [0, 0.1) is 0 Å².